The van der Waals surface area contributed by atoms with Gasteiger partial charge in [0.25, 0.3) is 5.91 Å². The lowest BCUT2D eigenvalue weighted by Gasteiger charge is -2.16. The summed E-state index contributed by atoms with van der Waals surface area (Å²) in [6.07, 6.45) is 7.44. The molecule has 0 unspecified atom stereocenters. The third-order valence-electron chi connectivity index (χ3n) is 4.09. The van der Waals surface area contributed by atoms with Crippen LogP contribution in [-0.2, 0) is 9.53 Å². The van der Waals surface area contributed by atoms with E-state index < -0.39 is 12.1 Å². The van der Waals surface area contributed by atoms with E-state index in [4.69, 9.17) is 4.74 Å². The Balaban J connectivity index is 1.76. The molecule has 0 aliphatic heterocycles. The summed E-state index contributed by atoms with van der Waals surface area (Å²) in [6, 6.07) is 6.54. The van der Waals surface area contributed by atoms with E-state index in [9.17, 15) is 9.59 Å². The molecule has 130 valence electrons. The molecule has 2 rings (SSSR count). The number of hydrogen-bond donors (Lipinski definition) is 1. The standard InChI is InChI=1S/C19H25NO4/c1-14(18(21)20-13-12-15-6-4-3-5-7-15)24-17-10-8-16(9-11-17)19(22)23-2/h6,8-11,14H,3-5,7,12-13H2,1-2H3,(H,20,21)/t14-/m0/s1. The lowest BCUT2D eigenvalue weighted by Crippen LogP contribution is -2.37. The van der Waals surface area contributed by atoms with E-state index in [1.165, 1.54) is 25.5 Å². The summed E-state index contributed by atoms with van der Waals surface area (Å²) < 4.78 is 10.2. The largest absolute Gasteiger partial charge is 0.481 e. The SMILES string of the molecule is COC(=O)c1ccc(O[C@@H](C)C(=O)NCCC2=CCCCC2)cc1. The van der Waals surface area contributed by atoms with Crippen molar-refractivity contribution in [2.45, 2.75) is 45.1 Å². The van der Waals surface area contributed by atoms with Crippen molar-refractivity contribution >= 4 is 11.9 Å². The van der Waals surface area contributed by atoms with Crippen molar-refractivity contribution in [3.05, 3.63) is 41.5 Å². The zero-order valence-electron chi connectivity index (χ0n) is 14.3. The minimum atomic E-state index is -0.589. The predicted molar refractivity (Wildman–Crippen MR) is 92.0 cm³/mol. The number of nitrogens with one attached hydrogen (secondary N) is 1. The Morgan fingerprint density at radius 3 is 2.58 bits per heavy atom. The average molecular weight is 331 g/mol. The molecule has 0 radical (unpaired) electrons. The van der Waals surface area contributed by atoms with E-state index in [-0.39, 0.29) is 5.91 Å². The number of carbonyl (C=O) groups is 2. The fraction of sp³-hybridized carbons (Fsp3) is 0.474. The van der Waals surface area contributed by atoms with Gasteiger partial charge in [0.05, 0.1) is 12.7 Å². The summed E-state index contributed by atoms with van der Waals surface area (Å²) in [5, 5.41) is 2.91. The van der Waals surface area contributed by atoms with E-state index in [1.54, 1.807) is 31.2 Å². The fourth-order valence-electron chi connectivity index (χ4n) is 2.67. The summed E-state index contributed by atoms with van der Waals surface area (Å²) in [5.74, 6) is 0.00750. The molecule has 5 heteroatoms. The molecule has 0 fully saturated rings. The van der Waals surface area contributed by atoms with E-state index in [0.717, 1.165) is 19.3 Å². The van der Waals surface area contributed by atoms with Gasteiger partial charge < -0.3 is 14.8 Å². The van der Waals surface area contributed by atoms with Crippen LogP contribution in [0.5, 0.6) is 5.75 Å². The molecule has 0 bridgehead atoms. The number of rotatable bonds is 7. The highest BCUT2D eigenvalue weighted by Gasteiger charge is 2.15. The zero-order valence-corrected chi connectivity index (χ0v) is 14.3. The van der Waals surface area contributed by atoms with E-state index in [2.05, 4.69) is 16.1 Å². The summed E-state index contributed by atoms with van der Waals surface area (Å²) in [6.45, 7) is 2.35. The monoisotopic (exact) mass is 331 g/mol. The summed E-state index contributed by atoms with van der Waals surface area (Å²) in [7, 11) is 1.34. The van der Waals surface area contributed by atoms with Crippen molar-refractivity contribution in [3.8, 4) is 5.75 Å². The molecule has 0 saturated heterocycles. The number of benzene rings is 1. The molecule has 1 aromatic rings. The minimum Gasteiger partial charge on any atom is -0.481 e. The molecule has 1 N–H and O–H groups in total. The molecule has 0 aromatic heterocycles. The lowest BCUT2D eigenvalue weighted by molar-refractivity contribution is -0.127. The normalized spacial score (nSPS) is 15.2. The van der Waals surface area contributed by atoms with Gasteiger partial charge in [0.2, 0.25) is 0 Å². The summed E-state index contributed by atoms with van der Waals surface area (Å²) in [5.41, 5.74) is 1.89. The molecular formula is C19H25NO4. The topological polar surface area (TPSA) is 64.6 Å². The van der Waals surface area contributed by atoms with Crippen LogP contribution in [0.2, 0.25) is 0 Å². The molecule has 1 atom stereocenters. The van der Waals surface area contributed by atoms with Gasteiger partial charge in [-0.25, -0.2) is 4.79 Å². The van der Waals surface area contributed by atoms with E-state index in [1.807, 2.05) is 0 Å². The summed E-state index contributed by atoms with van der Waals surface area (Å²) >= 11 is 0. The Morgan fingerprint density at radius 1 is 1.21 bits per heavy atom. The second-order valence-corrected chi connectivity index (χ2v) is 5.93. The van der Waals surface area contributed by atoms with Crippen LogP contribution in [0.1, 0.15) is 49.4 Å². The maximum absolute atomic E-state index is 12.1. The minimum absolute atomic E-state index is 0.136. The number of ether oxygens (including phenoxy) is 2. The predicted octanol–water partition coefficient (Wildman–Crippen LogP) is 3.25. The fourth-order valence-corrected chi connectivity index (χ4v) is 2.67. The first-order valence-electron chi connectivity index (χ1n) is 8.41. The van der Waals surface area contributed by atoms with Gasteiger partial charge in [-0.1, -0.05) is 11.6 Å². The Hall–Kier alpha value is -2.30. The summed E-state index contributed by atoms with van der Waals surface area (Å²) in [4.78, 5) is 23.5. The van der Waals surface area contributed by atoms with Gasteiger partial charge in [-0.2, -0.15) is 0 Å². The van der Waals surface area contributed by atoms with Crippen molar-refractivity contribution in [1.82, 2.24) is 5.32 Å². The van der Waals surface area contributed by atoms with Crippen LogP contribution in [0.4, 0.5) is 0 Å². The Labute approximate surface area is 143 Å². The third kappa shape index (κ3) is 5.41. The highest BCUT2D eigenvalue weighted by molar-refractivity contribution is 5.89. The Bertz CT molecular complexity index is 592. The average Bonchev–Trinajstić information content (AvgIpc) is 2.62. The van der Waals surface area contributed by atoms with Gasteiger partial charge in [-0.15, -0.1) is 0 Å². The van der Waals surface area contributed by atoms with Gasteiger partial charge >= 0.3 is 5.97 Å². The second-order valence-electron chi connectivity index (χ2n) is 5.93. The molecule has 0 spiro atoms. The van der Waals surface area contributed by atoms with Crippen LogP contribution >= 0.6 is 0 Å². The van der Waals surface area contributed by atoms with Gasteiger partial charge in [0, 0.05) is 6.54 Å². The van der Waals surface area contributed by atoms with Gasteiger partial charge in [0.15, 0.2) is 6.10 Å². The number of hydrogen-bond acceptors (Lipinski definition) is 4. The molecule has 1 aliphatic carbocycles. The highest BCUT2D eigenvalue weighted by atomic mass is 16.5. The Kier molecular flexibility index (Phi) is 6.85. The van der Waals surface area contributed by atoms with Crippen molar-refractivity contribution in [2.75, 3.05) is 13.7 Å². The van der Waals surface area contributed by atoms with Crippen molar-refractivity contribution in [2.24, 2.45) is 0 Å². The quantitative estimate of drug-likeness (QED) is 0.615. The highest BCUT2D eigenvalue weighted by Crippen LogP contribution is 2.19. The first-order valence-corrected chi connectivity index (χ1v) is 8.41. The lowest BCUT2D eigenvalue weighted by atomic mass is 9.97. The van der Waals surface area contributed by atoms with E-state index >= 15 is 0 Å². The molecule has 1 amide bonds. The van der Waals surface area contributed by atoms with Crippen LogP contribution in [0.3, 0.4) is 0 Å². The van der Waals surface area contributed by atoms with Crippen LogP contribution in [-0.4, -0.2) is 31.6 Å². The number of carbonyl (C=O) groups excluding carboxylic acids is 2. The maximum atomic E-state index is 12.1. The van der Waals surface area contributed by atoms with Crippen LogP contribution in [0.15, 0.2) is 35.9 Å². The third-order valence-corrected chi connectivity index (χ3v) is 4.09. The smallest absolute Gasteiger partial charge is 0.337 e. The number of methoxy groups -OCH3 is 1. The van der Waals surface area contributed by atoms with Crippen LogP contribution < -0.4 is 10.1 Å². The van der Waals surface area contributed by atoms with Gasteiger partial charge in [-0.05, 0) is 63.3 Å². The molecule has 0 heterocycles. The van der Waals surface area contributed by atoms with Gasteiger partial charge in [0.1, 0.15) is 5.75 Å². The van der Waals surface area contributed by atoms with Crippen LogP contribution in [0.25, 0.3) is 0 Å². The first kappa shape index (κ1) is 18.0. The van der Waals surface area contributed by atoms with Crippen molar-refractivity contribution in [1.29, 1.82) is 0 Å². The second kappa shape index (κ2) is 9.11. The maximum Gasteiger partial charge on any atom is 0.337 e. The van der Waals surface area contributed by atoms with E-state index in [0.29, 0.717) is 17.9 Å². The van der Waals surface area contributed by atoms with Crippen molar-refractivity contribution < 1.29 is 19.1 Å². The first-order chi connectivity index (χ1) is 11.6. The van der Waals surface area contributed by atoms with Crippen molar-refractivity contribution in [3.63, 3.8) is 0 Å². The molecule has 5 nitrogen and oxygen atoms in total. The number of amides is 1. The molecule has 1 aromatic carbocycles. The van der Waals surface area contributed by atoms with Gasteiger partial charge in [-0.3, -0.25) is 4.79 Å². The Morgan fingerprint density at radius 2 is 1.96 bits per heavy atom. The number of allylic oxidation sites excluding steroid dienone is 1. The number of esters is 1. The molecule has 24 heavy (non-hydrogen) atoms. The zero-order chi connectivity index (χ0) is 17.4. The molecule has 0 saturated carbocycles. The van der Waals surface area contributed by atoms with Crippen LogP contribution in [0, 0.1) is 0 Å². The molecular weight excluding hydrogens is 306 g/mol. The molecule has 1 aliphatic rings.